The number of carbonyl (C=O) groups is 4. The quantitative estimate of drug-likeness (QED) is 0.396. The van der Waals surface area contributed by atoms with Crippen molar-refractivity contribution in [3.05, 3.63) is 94.3 Å². The molecule has 3 aliphatic carbocycles. The summed E-state index contributed by atoms with van der Waals surface area (Å²) in [5.41, 5.74) is 4.28. The van der Waals surface area contributed by atoms with Gasteiger partial charge in [-0.1, -0.05) is 67.1 Å². The molecule has 7 aliphatic rings. The van der Waals surface area contributed by atoms with Crippen molar-refractivity contribution in [3.8, 4) is 0 Å². The highest BCUT2D eigenvalue weighted by molar-refractivity contribution is 6.01. The minimum atomic E-state index is -0.621. The molecule has 3 saturated carbocycles. The second-order valence-corrected chi connectivity index (χ2v) is 18.2. The standard InChI is InChI=1S/C45H56N6O4/c1-27(52)48-22-21-46-39-36(43(55)50(44(39,2)3)24-28-13-8-6-9-14-28)38(48)33-23-32(33)34-26-49(41(53)31-17-12-18-31)37(30-19-20-30)35-40(47-34)45(4,5)51(42(35)54)25-29-15-10-7-11-16-29/h6-11,13-16,30-34,37-38,46-47H,12,17-26H2,1-5H3. The van der Waals surface area contributed by atoms with Crippen LogP contribution in [0.4, 0.5) is 0 Å². The smallest absolute Gasteiger partial charge is 0.254 e. The molecular weight excluding hydrogens is 689 g/mol. The van der Waals surface area contributed by atoms with Gasteiger partial charge in [0.2, 0.25) is 11.8 Å². The number of carbonyl (C=O) groups excluding carboxylic acids is 4. The predicted molar refractivity (Wildman–Crippen MR) is 209 cm³/mol. The van der Waals surface area contributed by atoms with Crippen LogP contribution in [0, 0.1) is 23.7 Å². The van der Waals surface area contributed by atoms with E-state index >= 15 is 0 Å². The zero-order valence-corrected chi connectivity index (χ0v) is 33.0. The monoisotopic (exact) mass is 744 g/mol. The van der Waals surface area contributed by atoms with E-state index in [2.05, 4.69) is 67.5 Å². The molecule has 290 valence electrons. The predicted octanol–water partition coefficient (Wildman–Crippen LogP) is 4.97. The molecule has 0 spiro atoms. The topological polar surface area (TPSA) is 105 Å². The third kappa shape index (κ3) is 5.97. The van der Waals surface area contributed by atoms with Crippen LogP contribution in [0.15, 0.2) is 83.2 Å². The molecule has 4 amide bonds. The summed E-state index contributed by atoms with van der Waals surface area (Å²) in [5, 5.41) is 7.63. The summed E-state index contributed by atoms with van der Waals surface area (Å²) < 4.78 is 0. The Hall–Kier alpha value is -4.60. The Balaban J connectivity index is 1.08. The molecule has 2 aromatic carbocycles. The van der Waals surface area contributed by atoms with Crippen LogP contribution in [0.5, 0.6) is 0 Å². The fourth-order valence-corrected chi connectivity index (χ4v) is 10.6. The summed E-state index contributed by atoms with van der Waals surface area (Å²) >= 11 is 0. The van der Waals surface area contributed by atoms with Gasteiger partial charge in [0.15, 0.2) is 0 Å². The number of nitrogens with zero attached hydrogens (tertiary/aromatic N) is 4. The summed E-state index contributed by atoms with van der Waals surface area (Å²) in [6.07, 6.45) is 5.71. The average Bonchev–Trinajstić information content (AvgIpc) is 4.04. The Bertz CT molecular complexity index is 1960. The van der Waals surface area contributed by atoms with E-state index in [1.165, 1.54) is 0 Å². The summed E-state index contributed by atoms with van der Waals surface area (Å²) in [5.74, 6) is 0.542. The lowest BCUT2D eigenvalue weighted by molar-refractivity contribution is -0.141. The van der Waals surface area contributed by atoms with Gasteiger partial charge < -0.3 is 30.2 Å². The molecule has 2 aromatic rings. The largest absolute Gasteiger partial charge is 0.384 e. The Kier molecular flexibility index (Phi) is 8.70. The number of rotatable bonds is 8. The summed E-state index contributed by atoms with van der Waals surface area (Å²) in [6, 6.07) is 19.5. The fraction of sp³-hybridized carbons (Fsp3) is 0.556. The van der Waals surface area contributed by atoms with E-state index in [1.54, 1.807) is 6.92 Å². The van der Waals surface area contributed by atoms with Crippen LogP contribution < -0.4 is 10.6 Å². The molecule has 10 nitrogen and oxygen atoms in total. The first-order chi connectivity index (χ1) is 26.4. The molecular formula is C45H56N6O4. The van der Waals surface area contributed by atoms with Gasteiger partial charge in [-0.15, -0.1) is 0 Å². The minimum Gasteiger partial charge on any atom is -0.384 e. The van der Waals surface area contributed by atoms with Crippen molar-refractivity contribution in [1.82, 2.24) is 30.2 Å². The van der Waals surface area contributed by atoms with E-state index in [-0.39, 0.29) is 65.4 Å². The lowest BCUT2D eigenvalue weighted by atomic mass is 9.83. The first kappa shape index (κ1) is 36.1. The molecule has 0 bridgehead atoms. The third-order valence-corrected chi connectivity index (χ3v) is 14.1. The molecule has 3 fully saturated rings. The average molecular weight is 745 g/mol. The molecule has 10 heteroatoms. The Morgan fingerprint density at radius 3 is 1.82 bits per heavy atom. The Morgan fingerprint density at radius 2 is 1.29 bits per heavy atom. The van der Waals surface area contributed by atoms with Crippen molar-refractivity contribution in [1.29, 1.82) is 0 Å². The maximum absolute atomic E-state index is 14.8. The summed E-state index contributed by atoms with van der Waals surface area (Å²) in [7, 11) is 0. The molecule has 5 atom stereocenters. The Labute approximate surface area is 325 Å². The van der Waals surface area contributed by atoms with E-state index in [1.807, 2.05) is 51.1 Å². The number of amides is 4. The molecule has 2 N–H and O–H groups in total. The van der Waals surface area contributed by atoms with Crippen molar-refractivity contribution in [2.75, 3.05) is 19.6 Å². The van der Waals surface area contributed by atoms with Crippen molar-refractivity contribution in [2.45, 2.75) is 115 Å². The number of benzene rings is 2. The highest BCUT2D eigenvalue weighted by Crippen LogP contribution is 2.54. The van der Waals surface area contributed by atoms with Crippen LogP contribution in [0.1, 0.15) is 84.3 Å². The van der Waals surface area contributed by atoms with Gasteiger partial charge in [0.1, 0.15) is 0 Å². The molecule has 55 heavy (non-hydrogen) atoms. The molecule has 0 saturated heterocycles. The van der Waals surface area contributed by atoms with Crippen LogP contribution >= 0.6 is 0 Å². The first-order valence-electron chi connectivity index (χ1n) is 20.7. The van der Waals surface area contributed by atoms with Gasteiger partial charge in [-0.25, -0.2) is 0 Å². The molecule has 4 heterocycles. The second kappa shape index (κ2) is 13.3. The van der Waals surface area contributed by atoms with Crippen molar-refractivity contribution >= 4 is 23.6 Å². The zero-order chi connectivity index (χ0) is 38.4. The van der Waals surface area contributed by atoms with Crippen molar-refractivity contribution in [3.63, 3.8) is 0 Å². The highest BCUT2D eigenvalue weighted by Gasteiger charge is 2.61. The third-order valence-electron chi connectivity index (χ3n) is 14.1. The second-order valence-electron chi connectivity index (χ2n) is 18.2. The van der Waals surface area contributed by atoms with E-state index in [4.69, 9.17) is 0 Å². The minimum absolute atomic E-state index is 0.00627. The van der Waals surface area contributed by atoms with Crippen LogP contribution in [-0.2, 0) is 32.3 Å². The molecule has 4 aliphatic heterocycles. The summed E-state index contributed by atoms with van der Waals surface area (Å²) in [6.45, 7) is 12.7. The number of nitrogens with one attached hydrogen (secondary N) is 2. The molecule has 0 aromatic heterocycles. The van der Waals surface area contributed by atoms with E-state index < -0.39 is 11.1 Å². The van der Waals surface area contributed by atoms with Crippen LogP contribution in [-0.4, -0.2) is 92.1 Å². The lowest BCUT2D eigenvalue weighted by Gasteiger charge is -2.40. The molecule has 0 radical (unpaired) electrons. The van der Waals surface area contributed by atoms with Gasteiger partial charge in [0.25, 0.3) is 11.8 Å². The zero-order valence-electron chi connectivity index (χ0n) is 33.0. The molecule has 9 rings (SSSR count). The SMILES string of the molecule is CC(=O)N1CCNC2=C(C(=O)N(Cc3ccccc3)C2(C)C)C1C1CC1C1CN(C(=O)C2CCC2)C(C2CC2)C2=C(N1)C(C)(C)N(Cc1ccccc1)C2=O. The lowest BCUT2D eigenvalue weighted by Crippen LogP contribution is -2.54. The maximum Gasteiger partial charge on any atom is 0.254 e. The van der Waals surface area contributed by atoms with Gasteiger partial charge in [-0.05, 0) is 88.7 Å². The van der Waals surface area contributed by atoms with Gasteiger partial charge in [0.05, 0.1) is 34.3 Å². The van der Waals surface area contributed by atoms with Crippen molar-refractivity contribution in [2.24, 2.45) is 23.7 Å². The van der Waals surface area contributed by atoms with Crippen LogP contribution in [0.3, 0.4) is 0 Å². The highest BCUT2D eigenvalue weighted by atomic mass is 16.2. The van der Waals surface area contributed by atoms with E-state index in [0.29, 0.717) is 38.3 Å². The first-order valence-corrected chi connectivity index (χ1v) is 20.7. The maximum atomic E-state index is 14.8. The summed E-state index contributed by atoms with van der Waals surface area (Å²) in [4.78, 5) is 65.7. The van der Waals surface area contributed by atoms with Crippen LogP contribution in [0.2, 0.25) is 0 Å². The van der Waals surface area contributed by atoms with Gasteiger partial charge in [-0.2, -0.15) is 0 Å². The van der Waals surface area contributed by atoms with E-state index in [0.717, 1.165) is 66.6 Å². The van der Waals surface area contributed by atoms with Gasteiger partial charge >= 0.3 is 0 Å². The Morgan fingerprint density at radius 1 is 0.727 bits per heavy atom. The number of hydrogen-bond acceptors (Lipinski definition) is 6. The fourth-order valence-electron chi connectivity index (χ4n) is 10.6. The number of hydrogen-bond donors (Lipinski definition) is 2. The van der Waals surface area contributed by atoms with E-state index in [9.17, 15) is 19.2 Å². The van der Waals surface area contributed by atoms with Crippen molar-refractivity contribution < 1.29 is 19.2 Å². The van der Waals surface area contributed by atoms with Gasteiger partial charge in [-0.3, -0.25) is 19.2 Å². The van der Waals surface area contributed by atoms with Gasteiger partial charge in [0, 0.05) is 63.0 Å². The molecule has 5 unspecified atom stereocenters. The van der Waals surface area contributed by atoms with Crippen LogP contribution in [0.25, 0.3) is 0 Å². The normalized spacial score (nSPS) is 29.9.